The summed E-state index contributed by atoms with van der Waals surface area (Å²) in [4.78, 5) is 36.9. The van der Waals surface area contributed by atoms with Gasteiger partial charge in [-0.1, -0.05) is 0 Å². The highest BCUT2D eigenvalue weighted by atomic mass is 79.9. The summed E-state index contributed by atoms with van der Waals surface area (Å²) >= 11 is 3.54. The summed E-state index contributed by atoms with van der Waals surface area (Å²) in [6.45, 7) is 7.69. The molecule has 2 aromatic rings. The van der Waals surface area contributed by atoms with Crippen LogP contribution in [0.3, 0.4) is 0 Å². The van der Waals surface area contributed by atoms with Crippen molar-refractivity contribution in [3.8, 4) is 0 Å². The predicted molar refractivity (Wildman–Crippen MR) is 134 cm³/mol. The molecule has 2 heterocycles. The molecule has 0 atom stereocenters. The number of esters is 1. The fraction of sp³-hybridized carbons (Fsp3) is 0.500. The molecule has 9 nitrogen and oxygen atoms in total. The van der Waals surface area contributed by atoms with Crippen molar-refractivity contribution in [3.05, 3.63) is 46.6 Å². The number of piperidine rings is 1. The van der Waals surface area contributed by atoms with E-state index in [1.807, 2.05) is 20.8 Å². The van der Waals surface area contributed by atoms with E-state index >= 15 is 0 Å². The smallest absolute Gasteiger partial charge is 0.410 e. The Morgan fingerprint density at radius 2 is 2.00 bits per heavy atom. The molecule has 11 heteroatoms. The topological polar surface area (TPSA) is 96.9 Å². The number of rotatable bonds is 7. The number of halogens is 2. The van der Waals surface area contributed by atoms with Crippen LogP contribution in [-0.4, -0.2) is 71.9 Å². The van der Waals surface area contributed by atoms with E-state index in [-0.39, 0.29) is 17.7 Å². The summed E-state index contributed by atoms with van der Waals surface area (Å²) in [5.74, 6) is -0.388. The molecule has 1 N–H and O–H groups in total. The van der Waals surface area contributed by atoms with Gasteiger partial charge in [0.2, 0.25) is 0 Å². The zero-order valence-corrected chi connectivity index (χ0v) is 22.0. The number of hydrogen-bond acceptors (Lipinski definition) is 8. The molecule has 35 heavy (non-hydrogen) atoms. The highest BCUT2D eigenvalue weighted by Gasteiger charge is 2.30. The molecule has 1 aliphatic heterocycles. The molecule has 3 rings (SSSR count). The Morgan fingerprint density at radius 3 is 2.63 bits per heavy atom. The van der Waals surface area contributed by atoms with Gasteiger partial charge in [-0.05, 0) is 67.7 Å². The molecule has 0 unspecified atom stereocenters. The van der Waals surface area contributed by atoms with Gasteiger partial charge in [-0.15, -0.1) is 0 Å². The molecule has 0 saturated carbocycles. The number of ether oxygens (including phenoxy) is 2. The Balaban J connectivity index is 1.71. The molecular formula is C24H31BrFN5O4. The van der Waals surface area contributed by atoms with E-state index in [4.69, 9.17) is 9.47 Å². The first-order chi connectivity index (χ1) is 16.6. The van der Waals surface area contributed by atoms with Crippen molar-refractivity contribution >= 4 is 39.5 Å². The van der Waals surface area contributed by atoms with Gasteiger partial charge in [-0.2, -0.15) is 0 Å². The number of amides is 1. The average Bonchev–Trinajstić information content (AvgIpc) is 2.82. The van der Waals surface area contributed by atoms with E-state index in [0.717, 1.165) is 29.2 Å². The summed E-state index contributed by atoms with van der Waals surface area (Å²) in [7, 11) is 1.26. The first-order valence-corrected chi connectivity index (χ1v) is 12.2. The molecule has 1 saturated heterocycles. The average molecular weight is 552 g/mol. The maximum atomic E-state index is 13.7. The lowest BCUT2D eigenvalue weighted by Crippen LogP contribution is -2.49. The summed E-state index contributed by atoms with van der Waals surface area (Å²) < 4.78 is 24.7. The monoisotopic (exact) mass is 551 g/mol. The lowest BCUT2D eigenvalue weighted by molar-refractivity contribution is 0.0204. The molecule has 1 fully saturated rings. The van der Waals surface area contributed by atoms with Crippen LogP contribution in [0.25, 0.3) is 0 Å². The van der Waals surface area contributed by atoms with E-state index in [9.17, 15) is 14.0 Å². The zero-order chi connectivity index (χ0) is 25.6. The number of carbonyl (C=O) groups excluding carboxylic acids is 2. The Labute approximate surface area is 213 Å². The fourth-order valence-electron chi connectivity index (χ4n) is 3.93. The van der Waals surface area contributed by atoms with Crippen LogP contribution in [0.2, 0.25) is 0 Å². The zero-order valence-electron chi connectivity index (χ0n) is 20.4. The van der Waals surface area contributed by atoms with Crippen molar-refractivity contribution in [3.63, 3.8) is 0 Å². The second-order valence-electron chi connectivity index (χ2n) is 9.19. The Hall–Kier alpha value is -2.95. The maximum Gasteiger partial charge on any atom is 0.410 e. The Kier molecular flexibility index (Phi) is 8.87. The molecular weight excluding hydrogens is 521 g/mol. The van der Waals surface area contributed by atoms with Gasteiger partial charge >= 0.3 is 12.1 Å². The predicted octanol–water partition coefficient (Wildman–Crippen LogP) is 4.48. The fourth-order valence-corrected chi connectivity index (χ4v) is 4.37. The van der Waals surface area contributed by atoms with E-state index in [2.05, 4.69) is 36.1 Å². The molecule has 1 amide bonds. The molecule has 190 valence electrons. The molecule has 1 aliphatic rings. The van der Waals surface area contributed by atoms with E-state index < -0.39 is 17.4 Å². The first kappa shape index (κ1) is 26.7. The van der Waals surface area contributed by atoms with Crippen LogP contribution in [0.4, 0.5) is 20.7 Å². The second kappa shape index (κ2) is 11.7. The van der Waals surface area contributed by atoms with Gasteiger partial charge < -0.3 is 24.6 Å². The van der Waals surface area contributed by atoms with Crippen LogP contribution in [0.15, 0.2) is 35.2 Å². The SMILES string of the molecule is COC(=O)c1cc(F)ccc1NCCN(c1ncncc1Br)C1CCN(C(=O)OC(C)(C)C)CC1. The third-order valence-electron chi connectivity index (χ3n) is 5.53. The van der Waals surface area contributed by atoms with Gasteiger partial charge in [-0.25, -0.2) is 23.9 Å². The summed E-state index contributed by atoms with van der Waals surface area (Å²) in [6, 6.07) is 4.08. The largest absolute Gasteiger partial charge is 0.465 e. The van der Waals surface area contributed by atoms with Crippen LogP contribution in [0.5, 0.6) is 0 Å². The first-order valence-electron chi connectivity index (χ1n) is 11.4. The number of aromatic nitrogens is 2. The van der Waals surface area contributed by atoms with E-state index in [0.29, 0.717) is 31.9 Å². The summed E-state index contributed by atoms with van der Waals surface area (Å²) in [5, 5.41) is 3.21. The number of nitrogens with one attached hydrogen (secondary N) is 1. The Bertz CT molecular complexity index is 1040. The summed E-state index contributed by atoms with van der Waals surface area (Å²) in [5.41, 5.74) is 0.0774. The van der Waals surface area contributed by atoms with E-state index in [1.54, 1.807) is 11.1 Å². The minimum atomic E-state index is -0.614. The minimum Gasteiger partial charge on any atom is -0.465 e. The highest BCUT2D eigenvalue weighted by molar-refractivity contribution is 9.10. The lowest BCUT2D eigenvalue weighted by atomic mass is 10.0. The van der Waals surface area contributed by atoms with Crippen LogP contribution in [0, 0.1) is 5.82 Å². The third kappa shape index (κ3) is 7.27. The molecule has 0 spiro atoms. The lowest BCUT2D eigenvalue weighted by Gasteiger charge is -2.39. The normalized spacial score (nSPS) is 14.4. The maximum absolute atomic E-state index is 13.7. The van der Waals surface area contributed by atoms with Crippen LogP contribution < -0.4 is 10.2 Å². The second-order valence-corrected chi connectivity index (χ2v) is 10.0. The van der Waals surface area contributed by atoms with Crippen molar-refractivity contribution in [2.75, 3.05) is 43.5 Å². The van der Waals surface area contributed by atoms with Crippen molar-refractivity contribution in [1.82, 2.24) is 14.9 Å². The van der Waals surface area contributed by atoms with Gasteiger partial charge in [0.15, 0.2) is 0 Å². The quantitative estimate of drug-likeness (QED) is 0.503. The number of carbonyl (C=O) groups is 2. The van der Waals surface area contributed by atoms with Crippen molar-refractivity contribution in [2.24, 2.45) is 0 Å². The summed E-state index contributed by atoms with van der Waals surface area (Å²) in [6.07, 6.45) is 4.35. The van der Waals surface area contributed by atoms with Gasteiger partial charge in [0.25, 0.3) is 0 Å². The molecule has 1 aromatic heterocycles. The van der Waals surface area contributed by atoms with Crippen molar-refractivity contribution < 1.29 is 23.5 Å². The van der Waals surface area contributed by atoms with Gasteiger partial charge in [0, 0.05) is 44.1 Å². The highest BCUT2D eigenvalue weighted by Crippen LogP contribution is 2.28. The molecule has 1 aromatic carbocycles. The number of likely N-dealkylation sites (tertiary alicyclic amines) is 1. The van der Waals surface area contributed by atoms with Crippen LogP contribution >= 0.6 is 15.9 Å². The minimum absolute atomic E-state index is 0.120. The Morgan fingerprint density at radius 1 is 1.29 bits per heavy atom. The van der Waals surface area contributed by atoms with Gasteiger partial charge in [0.05, 0.1) is 17.1 Å². The van der Waals surface area contributed by atoms with Crippen molar-refractivity contribution in [1.29, 1.82) is 0 Å². The van der Waals surface area contributed by atoms with Crippen LogP contribution in [-0.2, 0) is 9.47 Å². The number of benzene rings is 1. The van der Waals surface area contributed by atoms with Gasteiger partial charge in [0.1, 0.15) is 23.6 Å². The standard InChI is InChI=1S/C24H31BrFN5O4/c1-24(2,3)35-23(33)30-10-7-17(8-11-30)31(21-19(25)14-27-15-29-21)12-9-28-20-6-5-16(26)13-18(20)22(32)34-4/h5-6,13-15,17,28H,7-12H2,1-4H3. The number of anilines is 2. The van der Waals surface area contributed by atoms with Gasteiger partial charge in [-0.3, -0.25) is 0 Å². The third-order valence-corrected chi connectivity index (χ3v) is 6.09. The number of hydrogen-bond donors (Lipinski definition) is 1. The van der Waals surface area contributed by atoms with Crippen LogP contribution in [0.1, 0.15) is 44.0 Å². The molecule has 0 radical (unpaired) electrons. The number of nitrogens with zero attached hydrogens (tertiary/aromatic N) is 4. The molecule has 0 aliphatic carbocycles. The number of methoxy groups -OCH3 is 1. The van der Waals surface area contributed by atoms with Crippen molar-refractivity contribution in [2.45, 2.75) is 45.3 Å². The molecule has 0 bridgehead atoms. The van der Waals surface area contributed by atoms with E-state index in [1.165, 1.54) is 25.6 Å².